The van der Waals surface area contributed by atoms with Crippen LogP contribution in [0.4, 0.5) is 0 Å². The van der Waals surface area contributed by atoms with Crippen molar-refractivity contribution in [3.8, 4) is 0 Å². The van der Waals surface area contributed by atoms with Gasteiger partial charge in [0, 0.05) is 12.1 Å². The summed E-state index contributed by atoms with van der Waals surface area (Å²) in [4.78, 5) is 2.22. The van der Waals surface area contributed by atoms with Gasteiger partial charge in [0.15, 0.2) is 0 Å². The Kier molecular flexibility index (Phi) is 4.41. The van der Waals surface area contributed by atoms with Gasteiger partial charge in [-0.3, -0.25) is 0 Å². The minimum absolute atomic E-state index is 0.0572. The van der Waals surface area contributed by atoms with Crippen LogP contribution in [0.25, 0.3) is 0 Å². The van der Waals surface area contributed by atoms with Gasteiger partial charge < -0.3 is 10.6 Å². The molecule has 1 aliphatic carbocycles. The number of nitrogens with two attached hydrogens (primary N) is 1. The molecule has 0 aliphatic heterocycles. The lowest BCUT2D eigenvalue weighted by molar-refractivity contribution is 0.302. The molecule has 1 saturated carbocycles. The summed E-state index contributed by atoms with van der Waals surface area (Å²) in [5.41, 5.74) is 9.23. The molecular formula is C16H26N2. The third-order valence-corrected chi connectivity index (χ3v) is 4.12. The molecule has 2 rings (SSSR count). The van der Waals surface area contributed by atoms with Crippen molar-refractivity contribution in [1.29, 1.82) is 0 Å². The number of likely N-dealkylation sites (N-methyl/N-ethyl adjacent to an activating group) is 1. The molecule has 2 N–H and O–H groups in total. The summed E-state index contributed by atoms with van der Waals surface area (Å²) in [6, 6.07) is 9.00. The van der Waals surface area contributed by atoms with Crippen molar-refractivity contribution in [3.63, 3.8) is 0 Å². The van der Waals surface area contributed by atoms with E-state index < -0.39 is 0 Å². The van der Waals surface area contributed by atoms with Crippen LogP contribution in [0, 0.1) is 0 Å². The monoisotopic (exact) mass is 246 g/mol. The fourth-order valence-electron chi connectivity index (χ4n) is 2.83. The molecule has 0 unspecified atom stereocenters. The first-order chi connectivity index (χ1) is 8.60. The number of hydrogen-bond acceptors (Lipinski definition) is 2. The fourth-order valence-corrected chi connectivity index (χ4v) is 2.83. The molecule has 0 heterocycles. The Bertz CT molecular complexity index is 361. The van der Waals surface area contributed by atoms with Crippen LogP contribution in [0.2, 0.25) is 0 Å². The lowest BCUT2D eigenvalue weighted by Gasteiger charge is -2.34. The van der Waals surface area contributed by atoms with Gasteiger partial charge in [-0.2, -0.15) is 0 Å². The largest absolute Gasteiger partial charge is 0.321 e. The molecule has 0 aromatic heterocycles. The van der Waals surface area contributed by atoms with Gasteiger partial charge in [0.2, 0.25) is 0 Å². The predicted octanol–water partition coefficient (Wildman–Crippen LogP) is 2.91. The van der Waals surface area contributed by atoms with Crippen LogP contribution in [0.1, 0.15) is 43.2 Å². The summed E-state index contributed by atoms with van der Waals surface area (Å²) < 4.78 is 0. The molecule has 1 fully saturated rings. The number of rotatable bonds is 4. The Morgan fingerprint density at radius 2 is 1.67 bits per heavy atom. The van der Waals surface area contributed by atoms with Gasteiger partial charge in [-0.05, 0) is 44.5 Å². The van der Waals surface area contributed by atoms with E-state index in [9.17, 15) is 0 Å². The summed E-state index contributed by atoms with van der Waals surface area (Å²) in [6.45, 7) is 1.10. The Labute approximate surface area is 111 Å². The second-order valence-corrected chi connectivity index (χ2v) is 5.97. The Morgan fingerprint density at radius 3 is 2.22 bits per heavy atom. The van der Waals surface area contributed by atoms with Gasteiger partial charge in [0.05, 0.1) is 0 Å². The molecule has 0 amide bonds. The van der Waals surface area contributed by atoms with Crippen molar-refractivity contribution < 1.29 is 0 Å². The maximum absolute atomic E-state index is 6.54. The van der Waals surface area contributed by atoms with Crippen molar-refractivity contribution in [3.05, 3.63) is 35.4 Å². The van der Waals surface area contributed by atoms with Crippen LogP contribution in [0.3, 0.4) is 0 Å². The zero-order chi connectivity index (χ0) is 13.0. The van der Waals surface area contributed by atoms with Gasteiger partial charge >= 0.3 is 0 Å². The standard InChI is InChI=1S/C16H26N2/c1-18(2)13-10-14-6-8-15(9-7-14)16(17)11-4-3-5-12-16/h6-9H,3-5,10-13,17H2,1-2H3. The van der Waals surface area contributed by atoms with E-state index >= 15 is 0 Å². The number of hydrogen-bond donors (Lipinski definition) is 1. The highest BCUT2D eigenvalue weighted by Crippen LogP contribution is 2.34. The molecule has 0 bridgehead atoms. The topological polar surface area (TPSA) is 29.3 Å². The van der Waals surface area contributed by atoms with Crippen LogP contribution >= 0.6 is 0 Å². The Hall–Kier alpha value is -0.860. The van der Waals surface area contributed by atoms with Gasteiger partial charge in [-0.25, -0.2) is 0 Å². The van der Waals surface area contributed by atoms with Crippen LogP contribution in [0.5, 0.6) is 0 Å². The van der Waals surface area contributed by atoms with E-state index in [1.165, 1.54) is 30.4 Å². The van der Waals surface area contributed by atoms with Crippen molar-refractivity contribution in [1.82, 2.24) is 4.90 Å². The molecule has 1 aliphatic rings. The van der Waals surface area contributed by atoms with Crippen LogP contribution in [-0.4, -0.2) is 25.5 Å². The summed E-state index contributed by atoms with van der Waals surface area (Å²) in [5, 5.41) is 0. The number of nitrogens with zero attached hydrogens (tertiary/aromatic N) is 1. The third kappa shape index (κ3) is 3.33. The lowest BCUT2D eigenvalue weighted by Crippen LogP contribution is -2.38. The molecule has 100 valence electrons. The van der Waals surface area contributed by atoms with Crippen LogP contribution in [-0.2, 0) is 12.0 Å². The molecule has 1 aromatic carbocycles. The maximum Gasteiger partial charge on any atom is 0.0409 e. The van der Waals surface area contributed by atoms with Crippen LogP contribution < -0.4 is 5.73 Å². The van der Waals surface area contributed by atoms with Gasteiger partial charge in [0.1, 0.15) is 0 Å². The summed E-state index contributed by atoms with van der Waals surface area (Å²) >= 11 is 0. The normalized spacial score (nSPS) is 19.1. The minimum Gasteiger partial charge on any atom is -0.321 e. The smallest absolute Gasteiger partial charge is 0.0409 e. The molecule has 0 saturated heterocycles. The molecular weight excluding hydrogens is 220 g/mol. The third-order valence-electron chi connectivity index (χ3n) is 4.12. The Balaban J connectivity index is 2.02. The average molecular weight is 246 g/mol. The zero-order valence-corrected chi connectivity index (χ0v) is 11.8. The maximum atomic E-state index is 6.54. The van der Waals surface area contributed by atoms with E-state index in [1.54, 1.807) is 0 Å². The summed E-state index contributed by atoms with van der Waals surface area (Å²) in [7, 11) is 4.23. The predicted molar refractivity (Wildman–Crippen MR) is 77.7 cm³/mol. The van der Waals surface area contributed by atoms with Crippen molar-refractivity contribution >= 4 is 0 Å². The molecule has 2 heteroatoms. The SMILES string of the molecule is CN(C)CCc1ccc(C2(N)CCCCC2)cc1. The second kappa shape index (κ2) is 5.85. The van der Waals surface area contributed by atoms with Gasteiger partial charge in [0.25, 0.3) is 0 Å². The number of benzene rings is 1. The highest BCUT2D eigenvalue weighted by Gasteiger charge is 2.28. The van der Waals surface area contributed by atoms with Gasteiger partial charge in [-0.1, -0.05) is 43.5 Å². The average Bonchev–Trinajstić information content (AvgIpc) is 2.38. The molecule has 18 heavy (non-hydrogen) atoms. The van der Waals surface area contributed by atoms with E-state index in [0.29, 0.717) is 0 Å². The quantitative estimate of drug-likeness (QED) is 0.885. The van der Waals surface area contributed by atoms with Crippen molar-refractivity contribution in [2.24, 2.45) is 5.73 Å². The second-order valence-electron chi connectivity index (χ2n) is 5.97. The Morgan fingerprint density at radius 1 is 1.06 bits per heavy atom. The fraction of sp³-hybridized carbons (Fsp3) is 0.625. The van der Waals surface area contributed by atoms with E-state index in [-0.39, 0.29) is 5.54 Å². The molecule has 0 atom stereocenters. The summed E-state index contributed by atoms with van der Waals surface area (Å²) in [6.07, 6.45) is 7.30. The highest BCUT2D eigenvalue weighted by molar-refractivity contribution is 5.29. The molecule has 1 aromatic rings. The zero-order valence-electron chi connectivity index (χ0n) is 11.8. The molecule has 0 spiro atoms. The van der Waals surface area contributed by atoms with Crippen molar-refractivity contribution in [2.75, 3.05) is 20.6 Å². The first-order valence-electron chi connectivity index (χ1n) is 7.13. The first kappa shape index (κ1) is 13.6. The van der Waals surface area contributed by atoms with E-state index in [4.69, 9.17) is 5.73 Å². The van der Waals surface area contributed by atoms with Crippen molar-refractivity contribution in [2.45, 2.75) is 44.1 Å². The molecule has 2 nitrogen and oxygen atoms in total. The van der Waals surface area contributed by atoms with E-state index in [1.807, 2.05) is 0 Å². The first-order valence-corrected chi connectivity index (χ1v) is 7.13. The molecule has 0 radical (unpaired) electrons. The summed E-state index contributed by atoms with van der Waals surface area (Å²) in [5.74, 6) is 0. The van der Waals surface area contributed by atoms with Gasteiger partial charge in [-0.15, -0.1) is 0 Å². The minimum atomic E-state index is -0.0572. The van der Waals surface area contributed by atoms with Crippen LogP contribution in [0.15, 0.2) is 24.3 Å². The van der Waals surface area contributed by atoms with E-state index in [2.05, 4.69) is 43.3 Å². The lowest BCUT2D eigenvalue weighted by atomic mass is 9.77. The highest BCUT2D eigenvalue weighted by atomic mass is 15.0. The van der Waals surface area contributed by atoms with E-state index in [0.717, 1.165) is 25.8 Å².